The number of ether oxygens (including phenoxy) is 1. The predicted molar refractivity (Wildman–Crippen MR) is 79.5 cm³/mol. The lowest BCUT2D eigenvalue weighted by molar-refractivity contribution is 0.0472. The fraction of sp³-hybridized carbons (Fsp3) is 0.133. The Kier molecular flexibility index (Phi) is 4.36. The van der Waals surface area contributed by atoms with Crippen molar-refractivity contribution in [3.05, 3.63) is 68.8 Å². The number of esters is 1. The molecule has 0 amide bonds. The van der Waals surface area contributed by atoms with Gasteiger partial charge >= 0.3 is 5.97 Å². The Bertz CT molecular complexity index is 550. The van der Waals surface area contributed by atoms with Gasteiger partial charge in [0.25, 0.3) is 0 Å². The lowest BCUT2D eigenvalue weighted by Crippen LogP contribution is -2.07. The summed E-state index contributed by atoms with van der Waals surface area (Å²) >= 11 is 2.22. The highest BCUT2D eigenvalue weighted by molar-refractivity contribution is 14.1. The summed E-state index contributed by atoms with van der Waals surface area (Å²) in [6.07, 6.45) is 0. The molecule has 0 saturated carbocycles. The second kappa shape index (κ2) is 6.00. The second-order valence-corrected chi connectivity index (χ2v) is 5.14. The zero-order valence-electron chi connectivity index (χ0n) is 10.0. The van der Waals surface area contributed by atoms with Crippen LogP contribution in [0.4, 0.5) is 0 Å². The van der Waals surface area contributed by atoms with Crippen LogP contribution in [0, 0.1) is 10.5 Å². The third-order valence-electron chi connectivity index (χ3n) is 2.70. The molecule has 0 spiro atoms. The molecule has 0 heterocycles. The molecule has 0 atom stereocenters. The lowest BCUT2D eigenvalue weighted by atomic mass is 10.1. The Morgan fingerprint density at radius 1 is 1.11 bits per heavy atom. The molecule has 2 nitrogen and oxygen atoms in total. The van der Waals surface area contributed by atoms with Gasteiger partial charge in [0.05, 0.1) is 5.56 Å². The number of carbonyl (C=O) groups excluding carboxylic acids is 1. The zero-order valence-corrected chi connectivity index (χ0v) is 12.2. The molecule has 0 unspecified atom stereocenters. The largest absolute Gasteiger partial charge is 0.457 e. The third-order valence-corrected chi connectivity index (χ3v) is 3.87. The Hall–Kier alpha value is -1.36. The summed E-state index contributed by atoms with van der Waals surface area (Å²) < 4.78 is 6.38. The van der Waals surface area contributed by atoms with Crippen LogP contribution >= 0.6 is 22.6 Å². The first-order valence-corrected chi connectivity index (χ1v) is 6.72. The fourth-order valence-electron chi connectivity index (χ4n) is 1.63. The van der Waals surface area contributed by atoms with E-state index in [1.807, 2.05) is 49.4 Å². The van der Waals surface area contributed by atoms with E-state index in [9.17, 15) is 4.79 Å². The standard InChI is InChI=1S/C15H13IO2/c1-11-13(8-5-9-14(11)16)15(17)18-10-12-6-3-2-4-7-12/h2-9H,10H2,1H3. The van der Waals surface area contributed by atoms with Gasteiger partial charge in [0, 0.05) is 3.57 Å². The maximum absolute atomic E-state index is 12.0. The minimum atomic E-state index is -0.269. The van der Waals surface area contributed by atoms with Gasteiger partial charge < -0.3 is 4.74 Å². The SMILES string of the molecule is Cc1c(I)cccc1C(=O)OCc1ccccc1. The number of carbonyl (C=O) groups is 1. The maximum Gasteiger partial charge on any atom is 0.338 e. The zero-order chi connectivity index (χ0) is 13.0. The Morgan fingerprint density at radius 2 is 1.83 bits per heavy atom. The van der Waals surface area contributed by atoms with Crippen LogP contribution in [0.5, 0.6) is 0 Å². The highest BCUT2D eigenvalue weighted by atomic mass is 127. The summed E-state index contributed by atoms with van der Waals surface area (Å²) in [5, 5.41) is 0. The maximum atomic E-state index is 12.0. The van der Waals surface area contributed by atoms with E-state index in [1.54, 1.807) is 6.07 Å². The van der Waals surface area contributed by atoms with Crippen LogP contribution in [0.25, 0.3) is 0 Å². The van der Waals surface area contributed by atoms with Crippen molar-refractivity contribution in [2.24, 2.45) is 0 Å². The van der Waals surface area contributed by atoms with Gasteiger partial charge in [-0.2, -0.15) is 0 Å². The molecule has 92 valence electrons. The van der Waals surface area contributed by atoms with Crippen molar-refractivity contribution in [2.45, 2.75) is 13.5 Å². The molecule has 0 bridgehead atoms. The lowest BCUT2D eigenvalue weighted by Gasteiger charge is -2.08. The Labute approximate surface area is 120 Å². The van der Waals surface area contributed by atoms with Crippen LogP contribution in [0.15, 0.2) is 48.5 Å². The average Bonchev–Trinajstić information content (AvgIpc) is 2.40. The summed E-state index contributed by atoms with van der Waals surface area (Å²) in [6.45, 7) is 2.24. The number of hydrogen-bond donors (Lipinski definition) is 0. The number of hydrogen-bond acceptors (Lipinski definition) is 2. The topological polar surface area (TPSA) is 26.3 Å². The molecule has 3 heteroatoms. The van der Waals surface area contributed by atoms with Crippen molar-refractivity contribution in [2.75, 3.05) is 0 Å². The van der Waals surface area contributed by atoms with E-state index in [1.165, 1.54) is 0 Å². The molecule has 18 heavy (non-hydrogen) atoms. The molecular weight excluding hydrogens is 339 g/mol. The van der Waals surface area contributed by atoms with Crippen LogP contribution in [0.1, 0.15) is 21.5 Å². The fourth-order valence-corrected chi connectivity index (χ4v) is 2.13. The molecule has 0 aliphatic rings. The van der Waals surface area contributed by atoms with Gasteiger partial charge in [-0.15, -0.1) is 0 Å². The summed E-state index contributed by atoms with van der Waals surface area (Å²) in [7, 11) is 0. The molecule has 0 radical (unpaired) electrons. The van der Waals surface area contributed by atoms with Crippen LogP contribution in [0.3, 0.4) is 0 Å². The molecule has 0 aliphatic heterocycles. The highest BCUT2D eigenvalue weighted by Crippen LogP contribution is 2.17. The van der Waals surface area contributed by atoms with Crippen molar-refractivity contribution < 1.29 is 9.53 Å². The van der Waals surface area contributed by atoms with Gasteiger partial charge in [-0.05, 0) is 52.8 Å². The summed E-state index contributed by atoms with van der Waals surface area (Å²) in [5.41, 5.74) is 2.60. The minimum Gasteiger partial charge on any atom is -0.457 e. The number of rotatable bonds is 3. The number of halogens is 1. The van der Waals surface area contributed by atoms with E-state index in [0.717, 1.165) is 14.7 Å². The van der Waals surface area contributed by atoms with Crippen molar-refractivity contribution in [3.63, 3.8) is 0 Å². The Morgan fingerprint density at radius 3 is 2.56 bits per heavy atom. The van der Waals surface area contributed by atoms with Gasteiger partial charge in [0.15, 0.2) is 0 Å². The molecular formula is C15H13IO2. The summed E-state index contributed by atoms with van der Waals surface area (Å²) in [6, 6.07) is 15.3. The third kappa shape index (κ3) is 3.10. The van der Waals surface area contributed by atoms with Crippen molar-refractivity contribution >= 4 is 28.6 Å². The van der Waals surface area contributed by atoms with E-state index in [2.05, 4.69) is 22.6 Å². The van der Waals surface area contributed by atoms with Gasteiger partial charge in [0.1, 0.15) is 6.61 Å². The molecule has 0 fully saturated rings. The van der Waals surface area contributed by atoms with Gasteiger partial charge in [0.2, 0.25) is 0 Å². The first-order valence-electron chi connectivity index (χ1n) is 5.64. The normalized spacial score (nSPS) is 10.1. The van der Waals surface area contributed by atoms with Crippen molar-refractivity contribution in [1.82, 2.24) is 0 Å². The molecule has 0 aromatic heterocycles. The average molecular weight is 352 g/mol. The quantitative estimate of drug-likeness (QED) is 0.618. The molecule has 2 aromatic carbocycles. The van der Waals surface area contributed by atoms with Gasteiger partial charge in [-0.3, -0.25) is 0 Å². The molecule has 2 aromatic rings. The van der Waals surface area contributed by atoms with Crippen molar-refractivity contribution in [3.8, 4) is 0 Å². The van der Waals surface area contributed by atoms with Crippen LogP contribution in [-0.2, 0) is 11.3 Å². The Balaban J connectivity index is 2.07. The van der Waals surface area contributed by atoms with Gasteiger partial charge in [-0.25, -0.2) is 4.79 Å². The van der Waals surface area contributed by atoms with E-state index in [4.69, 9.17) is 4.74 Å². The molecule has 2 rings (SSSR count). The highest BCUT2D eigenvalue weighted by Gasteiger charge is 2.11. The second-order valence-electron chi connectivity index (χ2n) is 3.97. The molecule has 0 N–H and O–H groups in total. The first kappa shape index (κ1) is 13.1. The van der Waals surface area contributed by atoms with E-state index in [0.29, 0.717) is 12.2 Å². The minimum absolute atomic E-state index is 0.269. The smallest absolute Gasteiger partial charge is 0.338 e. The predicted octanol–water partition coefficient (Wildman–Crippen LogP) is 3.96. The van der Waals surface area contributed by atoms with E-state index < -0.39 is 0 Å². The summed E-state index contributed by atoms with van der Waals surface area (Å²) in [4.78, 5) is 12.0. The number of benzene rings is 2. The van der Waals surface area contributed by atoms with Gasteiger partial charge in [-0.1, -0.05) is 36.4 Å². The van der Waals surface area contributed by atoms with Crippen LogP contribution in [0.2, 0.25) is 0 Å². The summed E-state index contributed by atoms with van der Waals surface area (Å²) in [5.74, 6) is -0.269. The molecule has 0 saturated heterocycles. The van der Waals surface area contributed by atoms with Crippen LogP contribution < -0.4 is 0 Å². The van der Waals surface area contributed by atoms with E-state index in [-0.39, 0.29) is 5.97 Å². The van der Waals surface area contributed by atoms with Crippen LogP contribution in [-0.4, -0.2) is 5.97 Å². The monoisotopic (exact) mass is 352 g/mol. The molecule has 0 aliphatic carbocycles. The van der Waals surface area contributed by atoms with Crippen molar-refractivity contribution in [1.29, 1.82) is 0 Å². The van der Waals surface area contributed by atoms with E-state index >= 15 is 0 Å². The first-order chi connectivity index (χ1) is 8.68.